The van der Waals surface area contributed by atoms with E-state index in [-0.39, 0.29) is 11.8 Å². The second-order valence-corrected chi connectivity index (χ2v) is 7.85. The van der Waals surface area contributed by atoms with Crippen LogP contribution >= 0.6 is 11.6 Å². The van der Waals surface area contributed by atoms with Crippen LogP contribution in [-0.4, -0.2) is 42.9 Å². The van der Waals surface area contributed by atoms with E-state index in [4.69, 9.17) is 11.6 Å². The Labute approximate surface area is 171 Å². The largest absolute Gasteiger partial charge is 0.368 e. The summed E-state index contributed by atoms with van der Waals surface area (Å²) in [6, 6.07) is 14.7. The minimum atomic E-state index is -0.226. The summed E-state index contributed by atoms with van der Waals surface area (Å²) in [5.41, 5.74) is 2.27. The molecule has 0 aliphatic carbocycles. The minimum absolute atomic E-state index is 0.226. The minimum Gasteiger partial charge on any atom is -0.368 e. The van der Waals surface area contributed by atoms with E-state index in [2.05, 4.69) is 24.1 Å². The molecule has 0 unspecified atom stereocenters. The lowest BCUT2D eigenvalue weighted by Crippen LogP contribution is -2.49. The van der Waals surface area contributed by atoms with E-state index in [9.17, 15) is 9.59 Å². The van der Waals surface area contributed by atoms with Gasteiger partial charge in [0.05, 0.1) is 10.6 Å². The number of hydrogen-bond acceptors (Lipinski definition) is 3. The molecular weight excluding hydrogens is 374 g/mol. The van der Waals surface area contributed by atoms with Gasteiger partial charge in [-0.1, -0.05) is 37.6 Å². The topological polar surface area (TPSA) is 52.7 Å². The van der Waals surface area contributed by atoms with Gasteiger partial charge in [-0.25, -0.2) is 0 Å². The van der Waals surface area contributed by atoms with Gasteiger partial charge in [0.1, 0.15) is 0 Å². The van der Waals surface area contributed by atoms with Crippen molar-refractivity contribution in [3.63, 3.8) is 0 Å². The molecule has 2 aromatic rings. The zero-order valence-electron chi connectivity index (χ0n) is 16.3. The number of piperazine rings is 1. The molecule has 148 valence electrons. The highest BCUT2D eigenvalue weighted by Crippen LogP contribution is 2.22. The van der Waals surface area contributed by atoms with Crippen molar-refractivity contribution in [2.24, 2.45) is 5.92 Å². The lowest BCUT2D eigenvalue weighted by Gasteiger charge is -2.36. The Kier molecular flexibility index (Phi) is 6.57. The van der Waals surface area contributed by atoms with Crippen LogP contribution < -0.4 is 10.2 Å². The number of anilines is 2. The van der Waals surface area contributed by atoms with Gasteiger partial charge in [-0.3, -0.25) is 9.59 Å². The van der Waals surface area contributed by atoms with Crippen molar-refractivity contribution in [1.29, 1.82) is 0 Å². The van der Waals surface area contributed by atoms with Gasteiger partial charge in [-0.2, -0.15) is 0 Å². The number of benzene rings is 2. The number of nitrogens with zero attached hydrogens (tertiary/aromatic N) is 2. The third kappa shape index (κ3) is 5.04. The van der Waals surface area contributed by atoms with Crippen LogP contribution in [0, 0.1) is 5.92 Å². The average molecular weight is 400 g/mol. The van der Waals surface area contributed by atoms with Crippen LogP contribution in [0.3, 0.4) is 0 Å². The molecule has 0 bridgehead atoms. The van der Waals surface area contributed by atoms with Crippen molar-refractivity contribution in [2.45, 2.75) is 20.3 Å². The molecule has 2 aromatic carbocycles. The Morgan fingerprint density at radius 1 is 1.00 bits per heavy atom. The summed E-state index contributed by atoms with van der Waals surface area (Å²) in [6.45, 7) is 7.26. The molecule has 1 N–H and O–H groups in total. The molecule has 5 nitrogen and oxygen atoms in total. The normalized spacial score (nSPS) is 14.3. The first kappa shape index (κ1) is 20.2. The first-order chi connectivity index (χ1) is 13.4. The van der Waals surface area contributed by atoms with Crippen molar-refractivity contribution in [3.8, 4) is 0 Å². The van der Waals surface area contributed by atoms with Crippen LogP contribution in [0.15, 0.2) is 48.5 Å². The fourth-order valence-corrected chi connectivity index (χ4v) is 3.51. The van der Waals surface area contributed by atoms with E-state index < -0.39 is 0 Å². The molecule has 0 aromatic heterocycles. The summed E-state index contributed by atoms with van der Waals surface area (Å²) in [6.07, 6.45) is 0.611. The van der Waals surface area contributed by atoms with Gasteiger partial charge in [0.2, 0.25) is 5.91 Å². The van der Waals surface area contributed by atoms with Crippen LogP contribution in [-0.2, 0) is 4.79 Å². The molecule has 0 spiro atoms. The molecule has 28 heavy (non-hydrogen) atoms. The van der Waals surface area contributed by atoms with Crippen LogP contribution in [0.5, 0.6) is 0 Å². The van der Waals surface area contributed by atoms with Crippen molar-refractivity contribution in [3.05, 3.63) is 59.1 Å². The molecular formula is C22H26ClN3O2. The Morgan fingerprint density at radius 2 is 1.64 bits per heavy atom. The molecule has 0 atom stereocenters. The van der Waals surface area contributed by atoms with E-state index in [1.807, 2.05) is 29.2 Å². The van der Waals surface area contributed by atoms with Gasteiger partial charge >= 0.3 is 0 Å². The molecule has 1 aliphatic rings. The monoisotopic (exact) mass is 399 g/mol. The highest BCUT2D eigenvalue weighted by atomic mass is 35.5. The summed E-state index contributed by atoms with van der Waals surface area (Å²) in [4.78, 5) is 28.8. The third-order valence-electron chi connectivity index (χ3n) is 4.82. The summed E-state index contributed by atoms with van der Waals surface area (Å²) in [5, 5.41) is 3.31. The van der Waals surface area contributed by atoms with Crippen molar-refractivity contribution >= 4 is 34.8 Å². The number of amides is 2. The van der Waals surface area contributed by atoms with E-state index in [0.29, 0.717) is 22.9 Å². The lowest BCUT2D eigenvalue weighted by atomic mass is 10.1. The Hall–Kier alpha value is -2.53. The SMILES string of the molecule is CC(C)CC(=O)N1CCN(c2ccc(NC(=O)c3ccccc3Cl)cc2)CC1. The molecule has 1 saturated heterocycles. The second-order valence-electron chi connectivity index (χ2n) is 7.45. The summed E-state index contributed by atoms with van der Waals surface area (Å²) >= 11 is 6.08. The van der Waals surface area contributed by atoms with Crippen molar-refractivity contribution in [2.75, 3.05) is 36.4 Å². The molecule has 1 heterocycles. The van der Waals surface area contributed by atoms with Gasteiger partial charge in [0.15, 0.2) is 0 Å². The fraction of sp³-hybridized carbons (Fsp3) is 0.364. The van der Waals surface area contributed by atoms with Crippen molar-refractivity contribution < 1.29 is 9.59 Å². The van der Waals surface area contributed by atoms with Gasteiger partial charge < -0.3 is 15.1 Å². The predicted molar refractivity (Wildman–Crippen MR) is 114 cm³/mol. The van der Waals surface area contributed by atoms with Crippen LogP contribution in [0.25, 0.3) is 0 Å². The molecule has 3 rings (SSSR count). The fourth-order valence-electron chi connectivity index (χ4n) is 3.29. The standard InChI is InChI=1S/C22H26ClN3O2/c1-16(2)15-21(27)26-13-11-25(12-14-26)18-9-7-17(8-10-18)24-22(28)19-5-3-4-6-20(19)23/h3-10,16H,11-15H2,1-2H3,(H,24,28). The lowest BCUT2D eigenvalue weighted by molar-refractivity contribution is -0.132. The maximum absolute atomic E-state index is 12.4. The molecule has 2 amide bonds. The molecule has 0 saturated carbocycles. The second kappa shape index (κ2) is 9.11. The maximum atomic E-state index is 12.4. The molecule has 1 aliphatic heterocycles. The van der Waals surface area contributed by atoms with Crippen molar-refractivity contribution in [1.82, 2.24) is 4.90 Å². The first-order valence-electron chi connectivity index (χ1n) is 9.62. The average Bonchev–Trinajstić information content (AvgIpc) is 2.68. The summed E-state index contributed by atoms with van der Waals surface area (Å²) < 4.78 is 0. The summed E-state index contributed by atoms with van der Waals surface area (Å²) in [5.74, 6) is 0.405. The Morgan fingerprint density at radius 3 is 2.25 bits per heavy atom. The van der Waals surface area contributed by atoms with Gasteiger partial charge in [-0.15, -0.1) is 0 Å². The predicted octanol–water partition coefficient (Wildman–Crippen LogP) is 4.29. The van der Waals surface area contributed by atoms with E-state index >= 15 is 0 Å². The van der Waals surface area contributed by atoms with Crippen LogP contribution in [0.4, 0.5) is 11.4 Å². The van der Waals surface area contributed by atoms with Crippen LogP contribution in [0.2, 0.25) is 5.02 Å². The Bertz CT molecular complexity index is 828. The van der Waals surface area contributed by atoms with E-state index in [1.165, 1.54) is 0 Å². The number of carbonyl (C=O) groups is 2. The maximum Gasteiger partial charge on any atom is 0.257 e. The molecule has 0 radical (unpaired) electrons. The zero-order valence-corrected chi connectivity index (χ0v) is 17.1. The molecule has 6 heteroatoms. The number of halogens is 1. The van der Waals surface area contributed by atoms with E-state index in [1.54, 1.807) is 24.3 Å². The van der Waals surface area contributed by atoms with Gasteiger partial charge in [0, 0.05) is 44.0 Å². The first-order valence-corrected chi connectivity index (χ1v) is 10.0. The van der Waals surface area contributed by atoms with E-state index in [0.717, 1.165) is 37.6 Å². The third-order valence-corrected chi connectivity index (χ3v) is 5.15. The number of nitrogens with one attached hydrogen (secondary N) is 1. The number of hydrogen-bond donors (Lipinski definition) is 1. The number of carbonyl (C=O) groups excluding carboxylic acids is 2. The summed E-state index contributed by atoms with van der Waals surface area (Å²) in [7, 11) is 0. The number of rotatable bonds is 5. The highest BCUT2D eigenvalue weighted by Gasteiger charge is 2.21. The Balaban J connectivity index is 1.56. The van der Waals surface area contributed by atoms with Gasteiger partial charge in [-0.05, 0) is 42.3 Å². The smallest absolute Gasteiger partial charge is 0.257 e. The molecule has 1 fully saturated rings. The zero-order chi connectivity index (χ0) is 20.1. The quantitative estimate of drug-likeness (QED) is 0.816. The van der Waals surface area contributed by atoms with Gasteiger partial charge in [0.25, 0.3) is 5.91 Å². The van der Waals surface area contributed by atoms with Crippen LogP contribution in [0.1, 0.15) is 30.6 Å². The highest BCUT2D eigenvalue weighted by molar-refractivity contribution is 6.34.